The van der Waals surface area contributed by atoms with Crippen molar-refractivity contribution < 1.29 is 10.2 Å². The third kappa shape index (κ3) is 4.67. The fourth-order valence-corrected chi connectivity index (χ4v) is 6.64. The molecule has 3 aliphatic rings. The van der Waals surface area contributed by atoms with E-state index in [1.54, 1.807) is 5.57 Å². The molecule has 0 spiro atoms. The summed E-state index contributed by atoms with van der Waals surface area (Å²) in [6.07, 6.45) is 15.6. The molecule has 2 heteroatoms. The molecule has 0 saturated heterocycles. The molecule has 0 radical (unpaired) electrons. The topological polar surface area (TPSA) is 40.5 Å². The van der Waals surface area contributed by atoms with Gasteiger partial charge in [0.15, 0.2) is 0 Å². The minimum atomic E-state index is -0.614. The van der Waals surface area contributed by atoms with E-state index in [0.29, 0.717) is 36.0 Å². The summed E-state index contributed by atoms with van der Waals surface area (Å²) in [5.41, 5.74) is 3.91. The summed E-state index contributed by atoms with van der Waals surface area (Å²) in [4.78, 5) is 0. The molecule has 0 aromatic heterocycles. The Labute approximate surface area is 191 Å². The first-order valence-corrected chi connectivity index (χ1v) is 12.6. The largest absolute Gasteiger partial charge is 0.393 e. The summed E-state index contributed by atoms with van der Waals surface area (Å²) < 4.78 is 0. The maximum absolute atomic E-state index is 10.2. The van der Waals surface area contributed by atoms with Gasteiger partial charge in [-0.25, -0.2) is 0 Å². The second-order valence-corrected chi connectivity index (χ2v) is 11.6. The molecule has 174 valence electrons. The van der Waals surface area contributed by atoms with Crippen LogP contribution in [0.2, 0.25) is 0 Å². The number of fused-ring (bicyclic) bond motifs is 1. The van der Waals surface area contributed by atoms with E-state index in [0.717, 1.165) is 23.5 Å². The van der Waals surface area contributed by atoms with Gasteiger partial charge in [0.1, 0.15) is 0 Å². The molecule has 2 N–H and O–H groups in total. The summed E-state index contributed by atoms with van der Waals surface area (Å²) in [6.45, 7) is 18.5. The lowest BCUT2D eigenvalue weighted by molar-refractivity contribution is 0.0456. The smallest absolute Gasteiger partial charge is 0.0811 e. The van der Waals surface area contributed by atoms with Crippen molar-refractivity contribution in [2.45, 2.75) is 98.7 Å². The van der Waals surface area contributed by atoms with Crippen LogP contribution >= 0.6 is 0 Å². The van der Waals surface area contributed by atoms with Gasteiger partial charge >= 0.3 is 0 Å². The zero-order chi connectivity index (χ0) is 23.0. The monoisotopic (exact) mass is 426 g/mol. The Balaban J connectivity index is 1.84. The summed E-state index contributed by atoms with van der Waals surface area (Å²) in [6, 6.07) is 0. The van der Waals surface area contributed by atoms with Gasteiger partial charge in [-0.05, 0) is 84.2 Å². The van der Waals surface area contributed by atoms with Crippen LogP contribution in [-0.4, -0.2) is 22.4 Å². The molecule has 31 heavy (non-hydrogen) atoms. The lowest BCUT2D eigenvalue weighted by atomic mass is 9.53. The second kappa shape index (κ2) is 9.40. The Morgan fingerprint density at radius 1 is 1.03 bits per heavy atom. The highest BCUT2D eigenvalue weighted by atomic mass is 16.3. The van der Waals surface area contributed by atoms with E-state index in [-0.39, 0.29) is 5.41 Å². The minimum Gasteiger partial charge on any atom is -0.393 e. The molecule has 0 aromatic rings. The third-order valence-corrected chi connectivity index (χ3v) is 9.54. The summed E-state index contributed by atoms with van der Waals surface area (Å²) in [5.74, 6) is 2.65. The van der Waals surface area contributed by atoms with Gasteiger partial charge in [-0.2, -0.15) is 0 Å². The van der Waals surface area contributed by atoms with E-state index < -0.39 is 12.2 Å². The van der Waals surface area contributed by atoms with Crippen molar-refractivity contribution in [3.63, 3.8) is 0 Å². The Kier molecular flexibility index (Phi) is 7.43. The number of hydrogen-bond donors (Lipinski definition) is 2. The van der Waals surface area contributed by atoms with Crippen molar-refractivity contribution in [3.05, 3.63) is 47.6 Å². The molecule has 2 nitrogen and oxygen atoms in total. The summed E-state index contributed by atoms with van der Waals surface area (Å²) >= 11 is 0. The van der Waals surface area contributed by atoms with Crippen molar-refractivity contribution in [2.75, 3.05) is 0 Å². The first kappa shape index (κ1) is 24.5. The Morgan fingerprint density at radius 3 is 2.42 bits per heavy atom. The van der Waals surface area contributed by atoms with Gasteiger partial charge in [-0.3, -0.25) is 0 Å². The molecule has 0 heterocycles. The minimum absolute atomic E-state index is 0.228. The molecule has 3 aliphatic carbocycles. The Morgan fingerprint density at radius 2 is 1.74 bits per heavy atom. The summed E-state index contributed by atoms with van der Waals surface area (Å²) in [5, 5.41) is 20.3. The first-order chi connectivity index (χ1) is 14.5. The quantitative estimate of drug-likeness (QED) is 0.465. The van der Waals surface area contributed by atoms with Gasteiger partial charge in [0.05, 0.1) is 12.2 Å². The molecule has 3 saturated carbocycles. The van der Waals surface area contributed by atoms with Crippen LogP contribution in [0.25, 0.3) is 0 Å². The third-order valence-electron chi connectivity index (χ3n) is 9.54. The van der Waals surface area contributed by atoms with Crippen LogP contribution in [0.3, 0.4) is 0 Å². The number of hydrogen-bond acceptors (Lipinski definition) is 2. The van der Waals surface area contributed by atoms with E-state index in [2.05, 4.69) is 72.4 Å². The fraction of sp³-hybridized carbons (Fsp3) is 0.724. The number of aliphatic hydroxyl groups excluding tert-OH is 2. The van der Waals surface area contributed by atoms with E-state index in [4.69, 9.17) is 0 Å². The second-order valence-electron chi connectivity index (χ2n) is 11.6. The number of rotatable bonds is 5. The van der Waals surface area contributed by atoms with E-state index in [9.17, 15) is 10.2 Å². The van der Waals surface area contributed by atoms with Crippen molar-refractivity contribution in [2.24, 2.45) is 34.5 Å². The van der Waals surface area contributed by atoms with E-state index in [1.165, 1.54) is 25.7 Å². The van der Waals surface area contributed by atoms with Crippen LogP contribution in [0.5, 0.6) is 0 Å². The molecule has 0 amide bonds. The van der Waals surface area contributed by atoms with Crippen LogP contribution in [0.1, 0.15) is 86.5 Å². The van der Waals surface area contributed by atoms with Crippen LogP contribution < -0.4 is 0 Å². The van der Waals surface area contributed by atoms with Gasteiger partial charge in [-0.1, -0.05) is 78.0 Å². The zero-order valence-corrected chi connectivity index (χ0v) is 20.8. The van der Waals surface area contributed by atoms with Gasteiger partial charge < -0.3 is 10.2 Å². The van der Waals surface area contributed by atoms with Crippen LogP contribution in [0, 0.1) is 34.5 Å². The predicted octanol–water partition coefficient (Wildman–Crippen LogP) is 7.00. The number of allylic oxidation sites excluding steroid dienone is 5. The normalized spacial score (nSPS) is 41.3. The average molecular weight is 427 g/mol. The maximum Gasteiger partial charge on any atom is 0.0811 e. The molecular weight excluding hydrogens is 380 g/mol. The van der Waals surface area contributed by atoms with E-state index >= 15 is 0 Å². The Bertz CT molecular complexity index is 757. The van der Waals surface area contributed by atoms with Crippen molar-refractivity contribution in [1.82, 2.24) is 0 Å². The average Bonchev–Trinajstić information content (AvgIpc) is 2.99. The highest BCUT2D eigenvalue weighted by Gasteiger charge is 2.57. The van der Waals surface area contributed by atoms with Gasteiger partial charge in [0.25, 0.3) is 0 Å². The van der Waals surface area contributed by atoms with Crippen molar-refractivity contribution >= 4 is 0 Å². The standard InChI is InChI=1S/C29H46O2/c1-19(2)20(3)10-11-21(4)26-14-16-28(6)24(9-8-15-29(26,28)7)13-12-23-17-25(30)18-27(31)22(23)5/h10-13,19-21,25-27,30-31H,5,8-9,14-18H2,1-4,6-7H3/t20-,21+,25+,26+,27-,28-,29+/m0/s1. The predicted molar refractivity (Wildman–Crippen MR) is 132 cm³/mol. The van der Waals surface area contributed by atoms with Crippen molar-refractivity contribution in [1.29, 1.82) is 0 Å². The lowest BCUT2D eigenvalue weighted by Gasteiger charge is -2.51. The molecule has 3 rings (SSSR count). The van der Waals surface area contributed by atoms with Gasteiger partial charge in [0.2, 0.25) is 0 Å². The molecule has 0 aromatic carbocycles. The highest BCUT2D eigenvalue weighted by Crippen LogP contribution is 2.66. The van der Waals surface area contributed by atoms with Crippen LogP contribution in [0.15, 0.2) is 47.6 Å². The molecular formula is C29H46O2. The SMILES string of the molecule is C=C1C(=CC=C2CCC[C@]3(C)[C@@H]([C@H](C)C=C[C@H](C)C(C)C)CC[C@@]23C)C[C@@H](O)C[C@@H]1O. The molecule has 0 unspecified atom stereocenters. The van der Waals surface area contributed by atoms with Gasteiger partial charge in [0, 0.05) is 6.42 Å². The Hall–Kier alpha value is -1.12. The molecule has 3 fully saturated rings. The zero-order valence-electron chi connectivity index (χ0n) is 20.8. The molecule has 7 atom stereocenters. The van der Waals surface area contributed by atoms with Crippen LogP contribution in [-0.2, 0) is 0 Å². The first-order valence-electron chi connectivity index (χ1n) is 12.6. The van der Waals surface area contributed by atoms with Crippen molar-refractivity contribution in [3.8, 4) is 0 Å². The van der Waals surface area contributed by atoms with E-state index in [1.807, 2.05) is 0 Å². The van der Waals surface area contributed by atoms with Gasteiger partial charge in [-0.15, -0.1) is 0 Å². The molecule has 0 aliphatic heterocycles. The number of aliphatic hydroxyl groups is 2. The molecule has 0 bridgehead atoms. The highest BCUT2D eigenvalue weighted by molar-refractivity contribution is 5.39. The summed E-state index contributed by atoms with van der Waals surface area (Å²) in [7, 11) is 0. The maximum atomic E-state index is 10.2. The lowest BCUT2D eigenvalue weighted by Crippen LogP contribution is -2.42. The fourth-order valence-electron chi connectivity index (χ4n) is 6.64. The van der Waals surface area contributed by atoms with Crippen LogP contribution in [0.4, 0.5) is 0 Å².